The average molecular weight is 182 g/mol. The molecule has 0 saturated carbocycles. The molecule has 76 valence electrons. The highest BCUT2D eigenvalue weighted by molar-refractivity contribution is 5.02. The fourth-order valence-corrected chi connectivity index (χ4v) is 3.26. The van der Waals surface area contributed by atoms with Crippen LogP contribution in [0.15, 0.2) is 0 Å². The largest absolute Gasteiger partial charge is 0.327 e. The van der Waals surface area contributed by atoms with Crippen LogP contribution < -0.4 is 5.73 Å². The van der Waals surface area contributed by atoms with Crippen molar-refractivity contribution >= 4 is 0 Å². The van der Waals surface area contributed by atoms with Gasteiger partial charge in [0.25, 0.3) is 0 Å². The minimum absolute atomic E-state index is 0.340. The molecule has 2 aliphatic heterocycles. The van der Waals surface area contributed by atoms with Gasteiger partial charge in [0, 0.05) is 17.6 Å². The van der Waals surface area contributed by atoms with Crippen LogP contribution in [-0.2, 0) is 0 Å². The average Bonchev–Trinajstić information content (AvgIpc) is 2.48. The summed E-state index contributed by atoms with van der Waals surface area (Å²) in [5.41, 5.74) is 6.52. The van der Waals surface area contributed by atoms with E-state index in [1.54, 1.807) is 0 Å². The molecule has 0 aromatic carbocycles. The number of rotatable bonds is 0. The second kappa shape index (κ2) is 2.96. The first-order valence-electron chi connectivity index (χ1n) is 5.55. The molecular formula is C11H22N2. The molecule has 0 aliphatic carbocycles. The van der Waals surface area contributed by atoms with Crippen LogP contribution in [0.2, 0.25) is 0 Å². The van der Waals surface area contributed by atoms with Gasteiger partial charge in [0.2, 0.25) is 0 Å². The van der Waals surface area contributed by atoms with Gasteiger partial charge in [-0.15, -0.1) is 0 Å². The molecule has 2 heterocycles. The minimum atomic E-state index is 0.340. The maximum Gasteiger partial charge on any atom is 0.0171 e. The first-order valence-corrected chi connectivity index (χ1v) is 5.55. The first kappa shape index (κ1) is 9.47. The Hall–Kier alpha value is -0.0800. The van der Waals surface area contributed by atoms with E-state index in [-0.39, 0.29) is 0 Å². The highest BCUT2D eigenvalue weighted by atomic mass is 15.3. The summed E-state index contributed by atoms with van der Waals surface area (Å²) in [5.74, 6) is 0.690. The lowest BCUT2D eigenvalue weighted by molar-refractivity contribution is 0.0119. The van der Waals surface area contributed by atoms with Gasteiger partial charge in [0.1, 0.15) is 0 Å². The number of nitrogens with two attached hydrogens (primary N) is 1. The summed E-state index contributed by atoms with van der Waals surface area (Å²) in [4.78, 5) is 2.68. The van der Waals surface area contributed by atoms with Gasteiger partial charge in [-0.1, -0.05) is 6.92 Å². The normalized spacial score (nSPS) is 44.8. The summed E-state index contributed by atoms with van der Waals surface area (Å²) in [5, 5.41) is 0. The maximum absolute atomic E-state index is 6.18. The lowest BCUT2D eigenvalue weighted by atomic mass is 9.78. The molecule has 2 N–H and O–H groups in total. The molecule has 2 aliphatic rings. The summed E-state index contributed by atoms with van der Waals surface area (Å²) in [6.07, 6.45) is 3.88. The van der Waals surface area contributed by atoms with Gasteiger partial charge < -0.3 is 5.73 Å². The third-order valence-corrected chi connectivity index (χ3v) is 4.09. The smallest absolute Gasteiger partial charge is 0.0171 e. The Balaban J connectivity index is 2.21. The summed E-state index contributed by atoms with van der Waals surface area (Å²) >= 11 is 0. The van der Waals surface area contributed by atoms with Crippen LogP contribution in [0, 0.1) is 5.92 Å². The molecule has 2 heteroatoms. The zero-order valence-electron chi connectivity index (χ0n) is 9.09. The first-order chi connectivity index (χ1) is 6.02. The van der Waals surface area contributed by atoms with Gasteiger partial charge in [0.05, 0.1) is 0 Å². The molecule has 3 atom stereocenters. The van der Waals surface area contributed by atoms with Crippen LogP contribution in [0.1, 0.15) is 40.0 Å². The van der Waals surface area contributed by atoms with Crippen LogP contribution in [0.5, 0.6) is 0 Å². The lowest BCUT2D eigenvalue weighted by Gasteiger charge is -2.50. The van der Waals surface area contributed by atoms with Gasteiger partial charge in [-0.05, 0) is 45.6 Å². The molecule has 0 amide bonds. The topological polar surface area (TPSA) is 29.3 Å². The van der Waals surface area contributed by atoms with Crippen molar-refractivity contribution < 1.29 is 0 Å². The minimum Gasteiger partial charge on any atom is -0.327 e. The van der Waals surface area contributed by atoms with Crippen LogP contribution >= 0.6 is 0 Å². The quantitative estimate of drug-likeness (QED) is 0.616. The molecule has 0 bridgehead atoms. The number of hydrogen-bond acceptors (Lipinski definition) is 2. The molecule has 2 fully saturated rings. The molecule has 2 saturated heterocycles. The van der Waals surface area contributed by atoms with Crippen molar-refractivity contribution in [2.75, 3.05) is 6.54 Å². The Morgan fingerprint density at radius 3 is 2.77 bits per heavy atom. The fraction of sp³-hybridized carbons (Fsp3) is 1.00. The van der Waals surface area contributed by atoms with Crippen LogP contribution in [0.3, 0.4) is 0 Å². The molecule has 0 aromatic rings. The molecule has 2 nitrogen and oxygen atoms in total. The van der Waals surface area contributed by atoms with Crippen molar-refractivity contribution in [3.8, 4) is 0 Å². The number of nitrogens with zero attached hydrogens (tertiary/aromatic N) is 1. The maximum atomic E-state index is 6.18. The molecular weight excluding hydrogens is 160 g/mol. The van der Waals surface area contributed by atoms with E-state index in [9.17, 15) is 0 Å². The Morgan fingerprint density at radius 1 is 1.38 bits per heavy atom. The second-order valence-electron chi connectivity index (χ2n) is 5.44. The molecule has 0 radical (unpaired) electrons. The van der Waals surface area contributed by atoms with E-state index < -0.39 is 0 Å². The zero-order valence-corrected chi connectivity index (χ0v) is 9.09. The highest BCUT2D eigenvalue weighted by Gasteiger charge is 2.45. The lowest BCUT2D eigenvalue weighted by Crippen LogP contribution is -2.59. The van der Waals surface area contributed by atoms with Crippen molar-refractivity contribution in [2.45, 2.75) is 57.7 Å². The standard InChI is InChI=1S/C11H22N2/c1-8-9(12)7-11(2,3)13-6-4-5-10(8)13/h8-10H,4-7,12H2,1-3H3. The molecule has 2 rings (SSSR count). The monoisotopic (exact) mass is 182 g/mol. The predicted octanol–water partition coefficient (Wildman–Crippen LogP) is 1.60. The van der Waals surface area contributed by atoms with Gasteiger partial charge in [0.15, 0.2) is 0 Å². The molecule has 13 heavy (non-hydrogen) atoms. The van der Waals surface area contributed by atoms with Gasteiger partial charge in [-0.2, -0.15) is 0 Å². The fourth-order valence-electron chi connectivity index (χ4n) is 3.26. The van der Waals surface area contributed by atoms with E-state index in [1.165, 1.54) is 19.4 Å². The third-order valence-electron chi connectivity index (χ3n) is 4.09. The summed E-state index contributed by atoms with van der Waals surface area (Å²) in [6, 6.07) is 1.17. The number of fused-ring (bicyclic) bond motifs is 1. The molecule has 0 aromatic heterocycles. The van der Waals surface area contributed by atoms with Crippen molar-refractivity contribution in [1.29, 1.82) is 0 Å². The molecule has 0 spiro atoms. The summed E-state index contributed by atoms with van der Waals surface area (Å²) < 4.78 is 0. The van der Waals surface area contributed by atoms with E-state index >= 15 is 0 Å². The van der Waals surface area contributed by atoms with Crippen molar-refractivity contribution in [3.05, 3.63) is 0 Å². The molecule has 3 unspecified atom stereocenters. The Bertz CT molecular complexity index is 200. The van der Waals surface area contributed by atoms with E-state index in [4.69, 9.17) is 5.73 Å². The Labute approximate surface area is 81.5 Å². The predicted molar refractivity (Wildman–Crippen MR) is 55.6 cm³/mol. The van der Waals surface area contributed by atoms with Crippen LogP contribution in [0.4, 0.5) is 0 Å². The van der Waals surface area contributed by atoms with Gasteiger partial charge in [-0.25, -0.2) is 0 Å². The summed E-state index contributed by atoms with van der Waals surface area (Å²) in [6.45, 7) is 8.30. The highest BCUT2D eigenvalue weighted by Crippen LogP contribution is 2.39. The van der Waals surface area contributed by atoms with Crippen molar-refractivity contribution in [2.24, 2.45) is 11.7 Å². The third kappa shape index (κ3) is 1.40. The second-order valence-corrected chi connectivity index (χ2v) is 5.44. The van der Waals surface area contributed by atoms with E-state index in [0.29, 0.717) is 17.5 Å². The van der Waals surface area contributed by atoms with E-state index in [0.717, 1.165) is 12.5 Å². The van der Waals surface area contributed by atoms with Gasteiger partial charge >= 0.3 is 0 Å². The number of piperidine rings is 1. The number of hydrogen-bond donors (Lipinski definition) is 1. The zero-order chi connectivity index (χ0) is 9.64. The van der Waals surface area contributed by atoms with E-state index in [1.807, 2.05) is 0 Å². The van der Waals surface area contributed by atoms with E-state index in [2.05, 4.69) is 25.7 Å². The van der Waals surface area contributed by atoms with Crippen molar-refractivity contribution in [3.63, 3.8) is 0 Å². The Morgan fingerprint density at radius 2 is 2.08 bits per heavy atom. The summed E-state index contributed by atoms with van der Waals surface area (Å²) in [7, 11) is 0. The van der Waals surface area contributed by atoms with Crippen LogP contribution in [0.25, 0.3) is 0 Å². The van der Waals surface area contributed by atoms with Crippen LogP contribution in [-0.4, -0.2) is 29.1 Å². The Kier molecular flexibility index (Phi) is 2.16. The van der Waals surface area contributed by atoms with Gasteiger partial charge in [-0.3, -0.25) is 4.90 Å². The van der Waals surface area contributed by atoms with Crippen molar-refractivity contribution in [1.82, 2.24) is 4.90 Å². The SMILES string of the molecule is CC1C(N)CC(C)(C)N2CCCC12.